The Morgan fingerprint density at radius 3 is 2.32 bits per heavy atom. The minimum atomic E-state index is 0.182. The van der Waals surface area contributed by atoms with E-state index in [2.05, 4.69) is 44.9 Å². The Morgan fingerprint density at radius 1 is 0.903 bits per heavy atom. The van der Waals surface area contributed by atoms with Crippen molar-refractivity contribution in [1.82, 2.24) is 0 Å². The highest BCUT2D eigenvalue weighted by Gasteiger charge is 2.62. The van der Waals surface area contributed by atoms with Crippen LogP contribution in [0, 0.1) is 52.3 Å². The van der Waals surface area contributed by atoms with E-state index >= 15 is 0 Å². The van der Waals surface area contributed by atoms with Crippen molar-refractivity contribution in [2.45, 2.75) is 105 Å². The summed E-state index contributed by atoms with van der Waals surface area (Å²) in [5.74, 6) is 4.88. The maximum absolute atomic E-state index is 9.97. The normalized spacial score (nSPS) is 46.1. The lowest BCUT2D eigenvalue weighted by molar-refractivity contribution is -0.0734. The van der Waals surface area contributed by atoms with Crippen molar-refractivity contribution in [3.05, 3.63) is 0 Å². The molecule has 0 radical (unpaired) electrons. The molecule has 4 nitrogen and oxygen atoms in total. The molecular formula is C27H46N2O2. The molecule has 0 aliphatic heterocycles. The summed E-state index contributed by atoms with van der Waals surface area (Å²) in [7, 11) is 0. The van der Waals surface area contributed by atoms with Crippen molar-refractivity contribution in [3.8, 4) is 0 Å². The van der Waals surface area contributed by atoms with Crippen LogP contribution in [0.3, 0.4) is 0 Å². The first-order valence-electron chi connectivity index (χ1n) is 13.1. The molecule has 4 fully saturated rings. The highest BCUT2D eigenvalue weighted by Crippen LogP contribution is 2.67. The molecule has 4 saturated carbocycles. The average molecular weight is 431 g/mol. The quantitative estimate of drug-likeness (QED) is 0.353. The third-order valence-electron chi connectivity index (χ3n) is 10.8. The van der Waals surface area contributed by atoms with E-state index in [0.717, 1.165) is 66.7 Å². The monoisotopic (exact) mass is 430 g/mol. The lowest BCUT2D eigenvalue weighted by atomic mass is 9.44. The van der Waals surface area contributed by atoms with E-state index in [1.165, 1.54) is 44.9 Å². The van der Waals surface area contributed by atoms with Gasteiger partial charge in [-0.3, -0.25) is 0 Å². The van der Waals surface area contributed by atoms with Crippen molar-refractivity contribution in [2.24, 2.45) is 62.6 Å². The molecule has 0 unspecified atom stereocenters. The van der Waals surface area contributed by atoms with Gasteiger partial charge < -0.3 is 10.4 Å². The molecule has 0 aromatic carbocycles. The standard InChI is InChI=1S/C27H46N2O2/c1-17(2)7-6-8-18(3)21-9-10-22-20-16-25(29-31)24-15-19(28-30)11-13-27(24,5)23(20)12-14-26(21,22)4/h17-18,20-24,30-31H,6-16H2,1-5H3/b28-19+,29-25+/t18-,20+,21-,22+,23+,24-,26-,27-/m1/s1. The zero-order chi connectivity index (χ0) is 22.4. The Bertz CT molecular complexity index is 716. The number of oxime groups is 2. The molecule has 0 heterocycles. The van der Waals surface area contributed by atoms with E-state index in [9.17, 15) is 10.4 Å². The van der Waals surface area contributed by atoms with Gasteiger partial charge in [-0.15, -0.1) is 0 Å². The van der Waals surface area contributed by atoms with Crippen LogP contribution in [0.15, 0.2) is 10.3 Å². The molecule has 0 aromatic heterocycles. The van der Waals surface area contributed by atoms with Crippen molar-refractivity contribution in [1.29, 1.82) is 0 Å². The predicted molar refractivity (Wildman–Crippen MR) is 127 cm³/mol. The van der Waals surface area contributed by atoms with Crippen LogP contribution in [0.1, 0.15) is 105 Å². The molecule has 0 saturated heterocycles. The number of nitrogens with zero attached hydrogens (tertiary/aromatic N) is 2. The van der Waals surface area contributed by atoms with Crippen LogP contribution in [0.5, 0.6) is 0 Å². The van der Waals surface area contributed by atoms with Crippen LogP contribution in [0.4, 0.5) is 0 Å². The second kappa shape index (κ2) is 8.71. The fourth-order valence-electron chi connectivity index (χ4n) is 9.10. The Labute approximate surface area is 189 Å². The van der Waals surface area contributed by atoms with Crippen LogP contribution >= 0.6 is 0 Å². The van der Waals surface area contributed by atoms with Crippen molar-refractivity contribution >= 4 is 11.4 Å². The second-order valence-corrected chi connectivity index (χ2v) is 12.6. The summed E-state index contributed by atoms with van der Waals surface area (Å²) in [4.78, 5) is 0. The topological polar surface area (TPSA) is 65.2 Å². The molecule has 8 atom stereocenters. The number of hydrogen-bond donors (Lipinski definition) is 2. The van der Waals surface area contributed by atoms with Gasteiger partial charge in [0.1, 0.15) is 0 Å². The molecule has 31 heavy (non-hydrogen) atoms. The summed E-state index contributed by atoms with van der Waals surface area (Å²) in [5, 5.41) is 26.8. The predicted octanol–water partition coefficient (Wildman–Crippen LogP) is 7.38. The fraction of sp³-hybridized carbons (Fsp3) is 0.926. The van der Waals surface area contributed by atoms with Gasteiger partial charge in [0.2, 0.25) is 0 Å². The Kier molecular flexibility index (Phi) is 6.49. The maximum Gasteiger partial charge on any atom is 0.0613 e. The minimum Gasteiger partial charge on any atom is -0.411 e. The molecule has 0 spiro atoms. The summed E-state index contributed by atoms with van der Waals surface area (Å²) in [6, 6.07) is 0. The molecule has 4 heteroatoms. The van der Waals surface area contributed by atoms with Crippen molar-refractivity contribution in [2.75, 3.05) is 0 Å². The smallest absolute Gasteiger partial charge is 0.0613 e. The first-order chi connectivity index (χ1) is 14.7. The third-order valence-corrected chi connectivity index (χ3v) is 10.8. The molecular weight excluding hydrogens is 384 g/mol. The molecule has 4 aliphatic rings. The number of hydrogen-bond acceptors (Lipinski definition) is 4. The van der Waals surface area contributed by atoms with Gasteiger partial charge in [-0.1, -0.05) is 64.2 Å². The van der Waals surface area contributed by atoms with Gasteiger partial charge in [0.15, 0.2) is 0 Å². The lowest BCUT2D eigenvalue weighted by Crippen LogP contribution is -2.56. The van der Waals surface area contributed by atoms with Crippen LogP contribution in [-0.4, -0.2) is 21.8 Å². The van der Waals surface area contributed by atoms with Crippen LogP contribution in [-0.2, 0) is 0 Å². The molecule has 176 valence electrons. The lowest BCUT2D eigenvalue weighted by Gasteiger charge is -2.60. The SMILES string of the molecule is CC(C)CCC[C@@H](C)[C@H]1CC[C@H]2[C@@H]3C/C(=N\O)[C@H]4C/C(=N/O)CC[C@]4(C)[C@H]3CC[C@]12C. The molecule has 0 amide bonds. The Morgan fingerprint density at radius 2 is 1.65 bits per heavy atom. The van der Waals surface area contributed by atoms with Gasteiger partial charge in [-0.2, -0.15) is 0 Å². The van der Waals surface area contributed by atoms with Gasteiger partial charge in [0.25, 0.3) is 0 Å². The molecule has 2 N–H and O–H groups in total. The first-order valence-corrected chi connectivity index (χ1v) is 13.1. The third kappa shape index (κ3) is 3.84. The highest BCUT2D eigenvalue weighted by atomic mass is 16.4. The first kappa shape index (κ1) is 23.1. The van der Waals surface area contributed by atoms with Crippen molar-refractivity contribution in [3.63, 3.8) is 0 Å². The Balaban J connectivity index is 1.54. The summed E-state index contributed by atoms with van der Waals surface area (Å²) < 4.78 is 0. The molecule has 4 aliphatic carbocycles. The Hall–Kier alpha value is -1.06. The largest absolute Gasteiger partial charge is 0.411 e. The minimum absolute atomic E-state index is 0.182. The summed E-state index contributed by atoms with van der Waals surface area (Å²) in [6.07, 6.45) is 13.2. The van der Waals surface area contributed by atoms with Gasteiger partial charge in [-0.25, -0.2) is 0 Å². The van der Waals surface area contributed by atoms with Gasteiger partial charge in [0, 0.05) is 5.92 Å². The molecule has 0 bridgehead atoms. The maximum atomic E-state index is 9.97. The molecule has 0 aromatic rings. The van der Waals surface area contributed by atoms with E-state index < -0.39 is 0 Å². The van der Waals surface area contributed by atoms with E-state index in [-0.39, 0.29) is 11.3 Å². The van der Waals surface area contributed by atoms with Gasteiger partial charge in [-0.05, 0) is 97.7 Å². The fourth-order valence-corrected chi connectivity index (χ4v) is 9.10. The zero-order valence-electron chi connectivity index (χ0n) is 20.6. The highest BCUT2D eigenvalue weighted by molar-refractivity contribution is 5.95. The van der Waals surface area contributed by atoms with Crippen molar-refractivity contribution < 1.29 is 10.4 Å². The second-order valence-electron chi connectivity index (χ2n) is 12.6. The zero-order valence-corrected chi connectivity index (χ0v) is 20.6. The van der Waals surface area contributed by atoms with E-state index in [1.807, 2.05) is 0 Å². The summed E-state index contributed by atoms with van der Waals surface area (Å²) in [5.41, 5.74) is 2.51. The summed E-state index contributed by atoms with van der Waals surface area (Å²) in [6.45, 7) is 12.3. The molecule has 4 rings (SSSR count). The van der Waals surface area contributed by atoms with E-state index in [1.54, 1.807) is 0 Å². The average Bonchev–Trinajstić information content (AvgIpc) is 3.09. The number of rotatable bonds is 5. The van der Waals surface area contributed by atoms with Gasteiger partial charge in [0.05, 0.1) is 11.4 Å². The summed E-state index contributed by atoms with van der Waals surface area (Å²) >= 11 is 0. The van der Waals surface area contributed by atoms with E-state index in [4.69, 9.17) is 0 Å². The van der Waals surface area contributed by atoms with Gasteiger partial charge >= 0.3 is 0 Å². The van der Waals surface area contributed by atoms with Crippen LogP contribution in [0.25, 0.3) is 0 Å². The van der Waals surface area contributed by atoms with E-state index in [0.29, 0.717) is 11.3 Å². The van der Waals surface area contributed by atoms with Crippen LogP contribution in [0.2, 0.25) is 0 Å². The number of fused-ring (bicyclic) bond motifs is 5. The van der Waals surface area contributed by atoms with Crippen LogP contribution < -0.4 is 0 Å².